The molecule has 0 radical (unpaired) electrons. The van der Waals surface area contributed by atoms with Crippen LogP contribution < -0.4 is 0 Å². The SMILES string of the molecule is CN1C=CCN2CCCN=C12. The van der Waals surface area contributed by atoms with Crippen LogP contribution in [0.15, 0.2) is 17.3 Å². The van der Waals surface area contributed by atoms with E-state index in [0.717, 1.165) is 25.6 Å². The molecule has 2 heterocycles. The summed E-state index contributed by atoms with van der Waals surface area (Å²) >= 11 is 0. The molecule has 0 unspecified atom stereocenters. The van der Waals surface area contributed by atoms with Crippen molar-refractivity contribution >= 4 is 5.96 Å². The van der Waals surface area contributed by atoms with Gasteiger partial charge in [-0.05, 0) is 12.5 Å². The molecule has 11 heavy (non-hydrogen) atoms. The quantitative estimate of drug-likeness (QED) is 0.502. The van der Waals surface area contributed by atoms with Crippen molar-refractivity contribution in [3.05, 3.63) is 12.3 Å². The van der Waals surface area contributed by atoms with Gasteiger partial charge in [0.2, 0.25) is 5.96 Å². The Morgan fingerprint density at radius 2 is 2.45 bits per heavy atom. The first kappa shape index (κ1) is 6.70. The molecule has 0 amide bonds. The van der Waals surface area contributed by atoms with Crippen molar-refractivity contribution < 1.29 is 0 Å². The number of hydrogen-bond donors (Lipinski definition) is 0. The van der Waals surface area contributed by atoms with Crippen LogP contribution in [0.4, 0.5) is 0 Å². The van der Waals surface area contributed by atoms with Gasteiger partial charge in [0.1, 0.15) is 0 Å². The Balaban J connectivity index is 2.23. The van der Waals surface area contributed by atoms with E-state index in [-0.39, 0.29) is 0 Å². The molecule has 0 N–H and O–H groups in total. The zero-order valence-electron chi connectivity index (χ0n) is 6.82. The Kier molecular flexibility index (Phi) is 1.56. The molecule has 0 saturated heterocycles. The van der Waals surface area contributed by atoms with Crippen LogP contribution in [0.3, 0.4) is 0 Å². The van der Waals surface area contributed by atoms with Gasteiger partial charge in [-0.3, -0.25) is 4.99 Å². The third-order valence-electron chi connectivity index (χ3n) is 2.09. The van der Waals surface area contributed by atoms with Crippen LogP contribution in [-0.2, 0) is 0 Å². The average molecular weight is 151 g/mol. The zero-order chi connectivity index (χ0) is 7.68. The zero-order valence-corrected chi connectivity index (χ0v) is 6.82. The maximum Gasteiger partial charge on any atom is 0.200 e. The van der Waals surface area contributed by atoms with Gasteiger partial charge >= 0.3 is 0 Å². The fraction of sp³-hybridized carbons (Fsp3) is 0.625. The van der Waals surface area contributed by atoms with Gasteiger partial charge in [0.25, 0.3) is 0 Å². The molecule has 2 aliphatic heterocycles. The van der Waals surface area contributed by atoms with Crippen LogP contribution in [0.25, 0.3) is 0 Å². The maximum absolute atomic E-state index is 4.45. The van der Waals surface area contributed by atoms with Gasteiger partial charge in [0, 0.05) is 32.9 Å². The molecule has 2 aliphatic rings. The topological polar surface area (TPSA) is 18.8 Å². The minimum Gasteiger partial charge on any atom is -0.339 e. The molecule has 0 aromatic heterocycles. The lowest BCUT2D eigenvalue weighted by Crippen LogP contribution is -2.45. The highest BCUT2D eigenvalue weighted by Gasteiger charge is 2.18. The van der Waals surface area contributed by atoms with E-state index in [2.05, 4.69) is 27.1 Å². The summed E-state index contributed by atoms with van der Waals surface area (Å²) in [5.74, 6) is 1.14. The third-order valence-corrected chi connectivity index (χ3v) is 2.09. The van der Waals surface area contributed by atoms with Crippen molar-refractivity contribution in [3.8, 4) is 0 Å². The van der Waals surface area contributed by atoms with Crippen molar-refractivity contribution in [3.63, 3.8) is 0 Å². The summed E-state index contributed by atoms with van der Waals surface area (Å²) in [6.45, 7) is 3.18. The predicted octanol–water partition coefficient (Wildman–Crippen LogP) is 0.507. The summed E-state index contributed by atoms with van der Waals surface area (Å²) in [4.78, 5) is 8.84. The Morgan fingerprint density at radius 3 is 3.27 bits per heavy atom. The predicted molar refractivity (Wildman–Crippen MR) is 45.4 cm³/mol. The van der Waals surface area contributed by atoms with E-state index in [1.54, 1.807) is 0 Å². The molecular weight excluding hydrogens is 138 g/mol. The van der Waals surface area contributed by atoms with E-state index in [9.17, 15) is 0 Å². The first-order chi connectivity index (χ1) is 5.38. The highest BCUT2D eigenvalue weighted by atomic mass is 15.4. The van der Waals surface area contributed by atoms with Gasteiger partial charge in [-0.15, -0.1) is 0 Å². The second kappa shape index (κ2) is 2.57. The van der Waals surface area contributed by atoms with E-state index in [0.29, 0.717) is 0 Å². The van der Waals surface area contributed by atoms with Gasteiger partial charge in [0.05, 0.1) is 0 Å². The van der Waals surface area contributed by atoms with Crippen molar-refractivity contribution in [1.82, 2.24) is 9.80 Å². The lowest BCUT2D eigenvalue weighted by Gasteiger charge is -2.35. The number of rotatable bonds is 0. The first-order valence-electron chi connectivity index (χ1n) is 4.07. The summed E-state index contributed by atoms with van der Waals surface area (Å²) in [5.41, 5.74) is 0. The fourth-order valence-electron chi connectivity index (χ4n) is 1.55. The second-order valence-electron chi connectivity index (χ2n) is 2.98. The van der Waals surface area contributed by atoms with Gasteiger partial charge in [0.15, 0.2) is 0 Å². The summed E-state index contributed by atoms with van der Waals surface area (Å²) in [6.07, 6.45) is 5.45. The summed E-state index contributed by atoms with van der Waals surface area (Å²) in [5, 5.41) is 0. The second-order valence-corrected chi connectivity index (χ2v) is 2.98. The van der Waals surface area contributed by atoms with Gasteiger partial charge in [-0.2, -0.15) is 0 Å². The number of nitrogens with zero attached hydrogens (tertiary/aromatic N) is 3. The number of guanidine groups is 1. The largest absolute Gasteiger partial charge is 0.339 e. The van der Waals surface area contributed by atoms with Crippen molar-refractivity contribution in [2.75, 3.05) is 26.7 Å². The molecule has 0 aliphatic carbocycles. The monoisotopic (exact) mass is 151 g/mol. The molecule has 2 rings (SSSR count). The summed E-state index contributed by atoms with van der Waals surface area (Å²) in [6, 6.07) is 0. The van der Waals surface area contributed by atoms with Crippen LogP contribution in [0.2, 0.25) is 0 Å². The van der Waals surface area contributed by atoms with Gasteiger partial charge in [-0.1, -0.05) is 0 Å². The lowest BCUT2D eigenvalue weighted by molar-refractivity contribution is 0.364. The molecule has 0 bridgehead atoms. The molecule has 3 heteroatoms. The Bertz CT molecular complexity index is 207. The Hall–Kier alpha value is -0.990. The molecule has 0 saturated carbocycles. The van der Waals surface area contributed by atoms with E-state index in [1.807, 2.05) is 7.05 Å². The lowest BCUT2D eigenvalue weighted by atomic mass is 10.3. The first-order valence-corrected chi connectivity index (χ1v) is 4.07. The highest BCUT2D eigenvalue weighted by molar-refractivity contribution is 5.82. The van der Waals surface area contributed by atoms with E-state index >= 15 is 0 Å². The van der Waals surface area contributed by atoms with Gasteiger partial charge in [-0.25, -0.2) is 0 Å². The average Bonchev–Trinajstić information content (AvgIpc) is 2.06. The summed E-state index contributed by atoms with van der Waals surface area (Å²) in [7, 11) is 2.05. The Morgan fingerprint density at radius 1 is 1.55 bits per heavy atom. The van der Waals surface area contributed by atoms with E-state index in [1.165, 1.54) is 6.42 Å². The smallest absolute Gasteiger partial charge is 0.200 e. The van der Waals surface area contributed by atoms with Crippen molar-refractivity contribution in [2.45, 2.75) is 6.42 Å². The molecule has 0 aromatic rings. The van der Waals surface area contributed by atoms with Crippen LogP contribution in [0, 0.1) is 0 Å². The van der Waals surface area contributed by atoms with Crippen LogP contribution >= 0.6 is 0 Å². The molecule has 0 atom stereocenters. The minimum absolute atomic E-state index is 0.990. The van der Waals surface area contributed by atoms with Crippen LogP contribution in [-0.4, -0.2) is 42.4 Å². The Labute approximate surface area is 67.0 Å². The molecule has 3 nitrogen and oxygen atoms in total. The molecule has 60 valence electrons. The van der Waals surface area contributed by atoms with Gasteiger partial charge < -0.3 is 9.80 Å². The fourth-order valence-corrected chi connectivity index (χ4v) is 1.55. The summed E-state index contributed by atoms with van der Waals surface area (Å²) < 4.78 is 0. The van der Waals surface area contributed by atoms with Crippen LogP contribution in [0.5, 0.6) is 0 Å². The highest BCUT2D eigenvalue weighted by Crippen LogP contribution is 2.09. The van der Waals surface area contributed by atoms with Crippen LogP contribution in [0.1, 0.15) is 6.42 Å². The number of fused-ring (bicyclic) bond motifs is 1. The van der Waals surface area contributed by atoms with E-state index in [4.69, 9.17) is 0 Å². The van der Waals surface area contributed by atoms with Crippen molar-refractivity contribution in [2.24, 2.45) is 4.99 Å². The maximum atomic E-state index is 4.45. The van der Waals surface area contributed by atoms with Crippen molar-refractivity contribution in [1.29, 1.82) is 0 Å². The number of aliphatic imine (C=N–C) groups is 1. The molecular formula is C8H13N3. The molecule has 0 aromatic carbocycles. The molecule has 0 fully saturated rings. The van der Waals surface area contributed by atoms with E-state index < -0.39 is 0 Å². The standard InChI is InChI=1S/C8H13N3/c1-10-5-3-7-11-6-2-4-9-8(10)11/h3,5H,2,4,6-7H2,1H3. The minimum atomic E-state index is 0.990. The molecule has 0 spiro atoms. The normalized spacial score (nSPS) is 23.2. The number of hydrogen-bond acceptors (Lipinski definition) is 3. The third kappa shape index (κ3) is 1.11.